The second-order valence-electron chi connectivity index (χ2n) is 4.49. The molecule has 1 unspecified atom stereocenters. The van der Waals surface area contributed by atoms with Gasteiger partial charge in [0.1, 0.15) is 0 Å². The Bertz CT molecular complexity index is 337. The monoisotopic (exact) mass is 193 g/mol. The van der Waals surface area contributed by atoms with Gasteiger partial charge in [-0.2, -0.15) is 5.10 Å². The molecule has 1 heterocycles. The van der Waals surface area contributed by atoms with Crippen LogP contribution in [0.4, 0.5) is 0 Å². The Morgan fingerprint density at radius 1 is 1.50 bits per heavy atom. The lowest BCUT2D eigenvalue weighted by Gasteiger charge is -2.11. The maximum atomic E-state index is 6.20. The van der Waals surface area contributed by atoms with Gasteiger partial charge in [-0.15, -0.1) is 0 Å². The average Bonchev–Trinajstić information content (AvgIpc) is 2.83. The van der Waals surface area contributed by atoms with Crippen molar-refractivity contribution in [2.45, 2.75) is 39.2 Å². The van der Waals surface area contributed by atoms with E-state index in [4.69, 9.17) is 5.73 Å². The van der Waals surface area contributed by atoms with Crippen LogP contribution in [0.5, 0.6) is 0 Å². The largest absolute Gasteiger partial charge is 0.324 e. The van der Waals surface area contributed by atoms with E-state index >= 15 is 0 Å². The van der Waals surface area contributed by atoms with Gasteiger partial charge < -0.3 is 5.73 Å². The van der Waals surface area contributed by atoms with E-state index in [1.54, 1.807) is 0 Å². The third-order valence-corrected chi connectivity index (χ3v) is 3.22. The lowest BCUT2D eigenvalue weighted by molar-refractivity contribution is 0.590. The molecule has 1 aliphatic rings. The minimum Gasteiger partial charge on any atom is -0.324 e. The van der Waals surface area contributed by atoms with E-state index in [0.29, 0.717) is 0 Å². The average molecular weight is 193 g/mol. The molecule has 0 aromatic carbocycles. The van der Waals surface area contributed by atoms with Gasteiger partial charge in [0.2, 0.25) is 0 Å². The molecule has 2 rings (SSSR count). The lowest BCUT2D eigenvalue weighted by Crippen LogP contribution is -2.13. The van der Waals surface area contributed by atoms with E-state index in [9.17, 15) is 0 Å². The molecule has 2 N–H and O–H groups in total. The Labute approximate surface area is 85.3 Å². The second kappa shape index (κ2) is 3.39. The molecule has 0 radical (unpaired) electrons. The zero-order valence-corrected chi connectivity index (χ0v) is 9.25. The van der Waals surface area contributed by atoms with Gasteiger partial charge in [0.25, 0.3) is 0 Å². The summed E-state index contributed by atoms with van der Waals surface area (Å²) in [6, 6.07) is 0.191. The van der Waals surface area contributed by atoms with Crippen molar-refractivity contribution in [2.75, 3.05) is 0 Å². The van der Waals surface area contributed by atoms with Crippen LogP contribution in [0.1, 0.15) is 42.3 Å². The second-order valence-corrected chi connectivity index (χ2v) is 4.49. The highest BCUT2D eigenvalue weighted by Gasteiger charge is 2.26. The number of aryl methyl sites for hydroxylation is 2. The van der Waals surface area contributed by atoms with Crippen LogP contribution < -0.4 is 5.73 Å². The van der Waals surface area contributed by atoms with E-state index in [1.165, 1.54) is 24.1 Å². The van der Waals surface area contributed by atoms with Gasteiger partial charge in [0, 0.05) is 24.3 Å². The third kappa shape index (κ3) is 1.69. The highest BCUT2D eigenvalue weighted by atomic mass is 15.3. The number of hydrogen-bond acceptors (Lipinski definition) is 2. The number of rotatable bonds is 3. The lowest BCUT2D eigenvalue weighted by atomic mass is 10.0. The molecular formula is C11H19N3. The van der Waals surface area contributed by atoms with Crippen LogP contribution in [0, 0.1) is 19.8 Å². The van der Waals surface area contributed by atoms with Gasteiger partial charge >= 0.3 is 0 Å². The zero-order valence-electron chi connectivity index (χ0n) is 9.25. The Morgan fingerprint density at radius 3 is 2.57 bits per heavy atom. The summed E-state index contributed by atoms with van der Waals surface area (Å²) in [5.41, 5.74) is 9.77. The van der Waals surface area contributed by atoms with Crippen LogP contribution in [0.2, 0.25) is 0 Å². The fraction of sp³-hybridized carbons (Fsp3) is 0.727. The summed E-state index contributed by atoms with van der Waals surface area (Å²) in [5, 5.41) is 4.40. The fourth-order valence-corrected chi connectivity index (χ4v) is 2.16. The Morgan fingerprint density at radius 2 is 2.14 bits per heavy atom. The van der Waals surface area contributed by atoms with E-state index in [2.05, 4.69) is 18.9 Å². The SMILES string of the molecule is Cc1nn(C)c(C)c1C(N)CC1CC1. The zero-order chi connectivity index (χ0) is 10.3. The number of hydrogen-bond donors (Lipinski definition) is 1. The van der Waals surface area contributed by atoms with Gasteiger partial charge in [-0.05, 0) is 26.2 Å². The van der Waals surface area contributed by atoms with Crippen LogP contribution in [-0.4, -0.2) is 9.78 Å². The third-order valence-electron chi connectivity index (χ3n) is 3.22. The molecule has 1 saturated carbocycles. The molecular weight excluding hydrogens is 174 g/mol. The van der Waals surface area contributed by atoms with Crippen LogP contribution in [0.3, 0.4) is 0 Å². The summed E-state index contributed by atoms with van der Waals surface area (Å²) in [7, 11) is 1.98. The van der Waals surface area contributed by atoms with Gasteiger partial charge in [-0.25, -0.2) is 0 Å². The van der Waals surface area contributed by atoms with E-state index in [-0.39, 0.29) is 6.04 Å². The molecule has 1 aromatic rings. The van der Waals surface area contributed by atoms with Gasteiger partial charge in [-0.3, -0.25) is 4.68 Å². The van der Waals surface area contributed by atoms with Crippen molar-refractivity contribution in [3.05, 3.63) is 17.0 Å². The highest BCUT2D eigenvalue weighted by Crippen LogP contribution is 2.37. The van der Waals surface area contributed by atoms with Crippen molar-refractivity contribution in [1.29, 1.82) is 0 Å². The fourth-order valence-electron chi connectivity index (χ4n) is 2.16. The predicted molar refractivity (Wildman–Crippen MR) is 57.0 cm³/mol. The summed E-state index contributed by atoms with van der Waals surface area (Å²) in [6.07, 6.45) is 3.87. The molecule has 1 aliphatic carbocycles. The number of nitrogens with zero attached hydrogens (tertiary/aromatic N) is 2. The van der Waals surface area contributed by atoms with Crippen molar-refractivity contribution in [3.8, 4) is 0 Å². The van der Waals surface area contributed by atoms with Crippen molar-refractivity contribution >= 4 is 0 Å². The van der Waals surface area contributed by atoms with E-state index < -0.39 is 0 Å². The molecule has 0 bridgehead atoms. The van der Waals surface area contributed by atoms with Crippen molar-refractivity contribution in [1.82, 2.24) is 9.78 Å². The molecule has 3 heteroatoms. The van der Waals surface area contributed by atoms with Gasteiger partial charge in [0.15, 0.2) is 0 Å². The molecule has 78 valence electrons. The molecule has 0 spiro atoms. The molecule has 3 nitrogen and oxygen atoms in total. The van der Waals surface area contributed by atoms with Crippen LogP contribution in [-0.2, 0) is 7.05 Å². The Kier molecular flexibility index (Phi) is 2.35. The topological polar surface area (TPSA) is 43.8 Å². The quantitative estimate of drug-likeness (QED) is 0.796. The van der Waals surface area contributed by atoms with Crippen molar-refractivity contribution in [3.63, 3.8) is 0 Å². The summed E-state index contributed by atoms with van der Waals surface area (Å²) in [6.45, 7) is 4.15. The first-order valence-corrected chi connectivity index (χ1v) is 5.35. The molecule has 0 amide bonds. The maximum Gasteiger partial charge on any atom is 0.0644 e. The Balaban J connectivity index is 2.20. The van der Waals surface area contributed by atoms with Crippen LogP contribution >= 0.6 is 0 Å². The molecule has 1 fully saturated rings. The van der Waals surface area contributed by atoms with Crippen molar-refractivity contribution < 1.29 is 0 Å². The summed E-state index contributed by atoms with van der Waals surface area (Å²) < 4.78 is 1.93. The van der Waals surface area contributed by atoms with E-state index in [0.717, 1.165) is 18.0 Å². The first-order valence-electron chi connectivity index (χ1n) is 5.35. The molecule has 1 atom stereocenters. The molecule has 0 saturated heterocycles. The number of aromatic nitrogens is 2. The number of nitrogens with two attached hydrogens (primary N) is 1. The first-order chi connectivity index (χ1) is 6.59. The van der Waals surface area contributed by atoms with Crippen molar-refractivity contribution in [2.24, 2.45) is 18.7 Å². The minimum absolute atomic E-state index is 0.191. The highest BCUT2D eigenvalue weighted by molar-refractivity contribution is 5.27. The summed E-state index contributed by atoms with van der Waals surface area (Å²) in [5.74, 6) is 0.879. The standard InChI is InChI=1S/C11H19N3/c1-7-11(8(2)14(3)13-7)10(12)6-9-4-5-9/h9-10H,4-6,12H2,1-3H3. The Hall–Kier alpha value is -0.830. The summed E-state index contributed by atoms with van der Waals surface area (Å²) >= 11 is 0. The minimum atomic E-state index is 0.191. The molecule has 0 aliphatic heterocycles. The normalized spacial score (nSPS) is 18.6. The van der Waals surface area contributed by atoms with E-state index in [1.807, 2.05) is 11.7 Å². The first kappa shape index (κ1) is 9.71. The molecule has 14 heavy (non-hydrogen) atoms. The molecule has 1 aromatic heterocycles. The predicted octanol–water partition coefficient (Wildman–Crippen LogP) is 1.84. The van der Waals surface area contributed by atoms with Crippen LogP contribution in [0.25, 0.3) is 0 Å². The van der Waals surface area contributed by atoms with Gasteiger partial charge in [0.05, 0.1) is 5.69 Å². The summed E-state index contributed by atoms with van der Waals surface area (Å²) in [4.78, 5) is 0. The smallest absolute Gasteiger partial charge is 0.0644 e. The maximum absolute atomic E-state index is 6.20. The van der Waals surface area contributed by atoms with Crippen LogP contribution in [0.15, 0.2) is 0 Å². The van der Waals surface area contributed by atoms with Gasteiger partial charge in [-0.1, -0.05) is 12.8 Å².